The Morgan fingerprint density at radius 2 is 1.16 bits per heavy atom. The molecule has 6 heteroatoms. The van der Waals surface area contributed by atoms with Gasteiger partial charge < -0.3 is 9.80 Å². The van der Waals surface area contributed by atoms with Gasteiger partial charge in [0.05, 0.1) is 16.8 Å². The lowest BCUT2D eigenvalue weighted by Crippen LogP contribution is -2.45. The molecule has 32 heavy (non-hydrogen) atoms. The monoisotopic (exact) mass is 425 g/mol. The molecule has 0 unspecified atom stereocenters. The minimum absolute atomic E-state index is 0.219. The summed E-state index contributed by atoms with van der Waals surface area (Å²) in [5.41, 5.74) is 5.76. The van der Waals surface area contributed by atoms with Gasteiger partial charge in [-0.05, 0) is 71.8 Å². The van der Waals surface area contributed by atoms with Crippen LogP contribution in [0.25, 0.3) is 0 Å². The van der Waals surface area contributed by atoms with Gasteiger partial charge in [0.15, 0.2) is 0 Å². The average molecular weight is 425 g/mol. The number of halogens is 1. The maximum Gasteiger partial charge on any atom is 0.266 e. The molecule has 2 aliphatic heterocycles. The van der Waals surface area contributed by atoms with Crippen molar-refractivity contribution >= 4 is 17.5 Å². The molecule has 4 aliphatic rings. The maximum atomic E-state index is 13.2. The van der Waals surface area contributed by atoms with Crippen LogP contribution in [0.1, 0.15) is 20.7 Å². The number of hydrogen-bond donors (Lipinski definition) is 0. The van der Waals surface area contributed by atoms with Crippen molar-refractivity contribution in [2.24, 2.45) is 0 Å². The predicted molar refractivity (Wildman–Crippen MR) is 119 cm³/mol. The molecular formula is C26H20FN3O2. The first-order chi connectivity index (χ1) is 15.6. The molecule has 0 aromatic heterocycles. The molecule has 2 aromatic carbocycles. The highest BCUT2D eigenvalue weighted by Gasteiger charge is 2.38. The van der Waals surface area contributed by atoms with Gasteiger partial charge >= 0.3 is 0 Å². The van der Waals surface area contributed by atoms with E-state index in [0.29, 0.717) is 16.8 Å². The molecule has 6 rings (SSSR count). The highest BCUT2D eigenvalue weighted by Crippen LogP contribution is 2.37. The van der Waals surface area contributed by atoms with E-state index in [1.165, 1.54) is 17.0 Å². The van der Waals surface area contributed by atoms with Gasteiger partial charge in [-0.2, -0.15) is 0 Å². The number of rotatable bonds is 3. The Morgan fingerprint density at radius 1 is 0.625 bits per heavy atom. The fourth-order valence-corrected chi connectivity index (χ4v) is 4.75. The Bertz CT molecular complexity index is 1240. The lowest BCUT2D eigenvalue weighted by atomic mass is 10.1. The van der Waals surface area contributed by atoms with Crippen LogP contribution in [0.3, 0.4) is 0 Å². The molecule has 0 saturated carbocycles. The average Bonchev–Trinajstić information content (AvgIpc) is 3.46. The van der Waals surface area contributed by atoms with Crippen molar-refractivity contribution in [1.82, 2.24) is 9.80 Å². The summed E-state index contributed by atoms with van der Waals surface area (Å²) >= 11 is 0. The molecule has 2 aromatic rings. The van der Waals surface area contributed by atoms with E-state index in [9.17, 15) is 14.0 Å². The van der Waals surface area contributed by atoms with Crippen LogP contribution in [0.4, 0.5) is 10.1 Å². The molecule has 5 nitrogen and oxygen atoms in total. The van der Waals surface area contributed by atoms with Crippen LogP contribution in [-0.4, -0.2) is 47.8 Å². The number of piperazine rings is 1. The normalized spacial score (nSPS) is 19.6. The third kappa shape index (κ3) is 2.91. The SMILES string of the molecule is O=C1c2ccccc2C(=O)N1C1=CC2=CC(N3CCN(c4ccc(F)cc4)CC3)=CC2=C1. The van der Waals surface area contributed by atoms with Gasteiger partial charge in [-0.3, -0.25) is 9.59 Å². The van der Waals surface area contributed by atoms with E-state index in [-0.39, 0.29) is 17.6 Å². The van der Waals surface area contributed by atoms with E-state index in [0.717, 1.165) is 48.7 Å². The van der Waals surface area contributed by atoms with Crippen LogP contribution in [0.5, 0.6) is 0 Å². The molecule has 1 fully saturated rings. The highest BCUT2D eigenvalue weighted by atomic mass is 19.1. The Morgan fingerprint density at radius 3 is 1.78 bits per heavy atom. The molecule has 0 N–H and O–H groups in total. The number of imide groups is 1. The number of amides is 2. The summed E-state index contributed by atoms with van der Waals surface area (Å²) in [4.78, 5) is 31.4. The van der Waals surface area contributed by atoms with Crippen molar-refractivity contribution in [2.45, 2.75) is 0 Å². The molecule has 2 heterocycles. The van der Waals surface area contributed by atoms with E-state index in [1.807, 2.05) is 24.3 Å². The van der Waals surface area contributed by atoms with Crippen LogP contribution in [0, 0.1) is 5.82 Å². The number of hydrogen-bond acceptors (Lipinski definition) is 4. The number of carbonyl (C=O) groups is 2. The van der Waals surface area contributed by atoms with Crippen molar-refractivity contribution < 1.29 is 14.0 Å². The summed E-state index contributed by atoms with van der Waals surface area (Å²) in [6, 6.07) is 13.6. The van der Waals surface area contributed by atoms with Gasteiger partial charge in [0.2, 0.25) is 0 Å². The first-order valence-electron chi connectivity index (χ1n) is 10.7. The van der Waals surface area contributed by atoms with Crippen LogP contribution in [0.15, 0.2) is 95.4 Å². The number of benzene rings is 2. The first kappa shape index (κ1) is 18.8. The molecule has 0 radical (unpaired) electrons. The summed E-state index contributed by atoms with van der Waals surface area (Å²) in [7, 11) is 0. The lowest BCUT2D eigenvalue weighted by molar-refractivity contribution is 0.0710. The lowest BCUT2D eigenvalue weighted by Gasteiger charge is -2.37. The van der Waals surface area contributed by atoms with E-state index >= 15 is 0 Å². The van der Waals surface area contributed by atoms with Crippen LogP contribution in [0.2, 0.25) is 0 Å². The summed E-state index contributed by atoms with van der Waals surface area (Å²) in [5.74, 6) is -0.755. The van der Waals surface area contributed by atoms with Gasteiger partial charge in [-0.25, -0.2) is 9.29 Å². The van der Waals surface area contributed by atoms with Gasteiger partial charge in [0.1, 0.15) is 5.82 Å². The fourth-order valence-electron chi connectivity index (χ4n) is 4.75. The maximum absolute atomic E-state index is 13.2. The molecule has 0 spiro atoms. The van der Waals surface area contributed by atoms with Crippen molar-refractivity contribution in [3.63, 3.8) is 0 Å². The molecule has 1 saturated heterocycles. The Balaban J connectivity index is 1.15. The topological polar surface area (TPSA) is 43.9 Å². The molecule has 0 atom stereocenters. The first-order valence-corrected chi connectivity index (χ1v) is 10.7. The zero-order valence-corrected chi connectivity index (χ0v) is 17.3. The zero-order valence-electron chi connectivity index (χ0n) is 17.3. The highest BCUT2D eigenvalue weighted by molar-refractivity contribution is 6.22. The third-order valence-corrected chi connectivity index (χ3v) is 6.44. The number of nitrogens with zero attached hydrogens (tertiary/aromatic N) is 3. The van der Waals surface area contributed by atoms with Crippen LogP contribution >= 0.6 is 0 Å². The second-order valence-electron chi connectivity index (χ2n) is 8.28. The molecule has 2 amide bonds. The van der Waals surface area contributed by atoms with E-state index < -0.39 is 0 Å². The summed E-state index contributed by atoms with van der Waals surface area (Å²) < 4.78 is 13.2. The quantitative estimate of drug-likeness (QED) is 0.700. The largest absolute Gasteiger partial charge is 0.368 e. The number of allylic oxidation sites excluding steroid dienone is 6. The molecular weight excluding hydrogens is 405 g/mol. The number of anilines is 1. The number of fused-ring (bicyclic) bond motifs is 2. The smallest absolute Gasteiger partial charge is 0.266 e. The minimum Gasteiger partial charge on any atom is -0.368 e. The van der Waals surface area contributed by atoms with Gasteiger partial charge in [0.25, 0.3) is 11.8 Å². The predicted octanol–water partition coefficient (Wildman–Crippen LogP) is 3.89. The van der Waals surface area contributed by atoms with E-state index in [2.05, 4.69) is 22.0 Å². The van der Waals surface area contributed by atoms with Crippen LogP contribution in [-0.2, 0) is 0 Å². The number of carbonyl (C=O) groups excluding carboxylic acids is 2. The van der Waals surface area contributed by atoms with Crippen molar-refractivity contribution in [2.75, 3.05) is 31.1 Å². The standard InChI is InChI=1S/C26H20FN3O2/c27-19-5-7-20(8-6-19)28-9-11-29(12-10-28)21-13-17-15-22(16-18(17)14-21)30-25(31)23-3-1-2-4-24(23)26(30)32/h1-8,13-16H,9-12H2. The van der Waals surface area contributed by atoms with Crippen molar-refractivity contribution in [1.29, 1.82) is 0 Å². The Labute approximate surface area is 185 Å². The minimum atomic E-state index is -0.268. The fraction of sp³-hybridized carbons (Fsp3) is 0.154. The van der Waals surface area contributed by atoms with Crippen LogP contribution < -0.4 is 4.90 Å². The van der Waals surface area contributed by atoms with E-state index in [4.69, 9.17) is 0 Å². The van der Waals surface area contributed by atoms with E-state index in [1.54, 1.807) is 24.3 Å². The molecule has 158 valence electrons. The van der Waals surface area contributed by atoms with Gasteiger partial charge in [-0.1, -0.05) is 12.1 Å². The zero-order chi connectivity index (χ0) is 21.8. The summed E-state index contributed by atoms with van der Waals surface area (Å²) in [5, 5.41) is 0. The summed E-state index contributed by atoms with van der Waals surface area (Å²) in [6.07, 6.45) is 8.06. The Hall–Kier alpha value is -3.93. The molecule has 2 aliphatic carbocycles. The van der Waals surface area contributed by atoms with Crippen molar-refractivity contribution in [3.05, 3.63) is 112 Å². The summed E-state index contributed by atoms with van der Waals surface area (Å²) in [6.45, 7) is 3.47. The van der Waals surface area contributed by atoms with Gasteiger partial charge in [-0.15, -0.1) is 0 Å². The third-order valence-electron chi connectivity index (χ3n) is 6.44. The van der Waals surface area contributed by atoms with Crippen molar-refractivity contribution in [3.8, 4) is 0 Å². The second kappa shape index (κ2) is 7.05. The molecule has 0 bridgehead atoms. The second-order valence-corrected chi connectivity index (χ2v) is 8.28. The van der Waals surface area contributed by atoms with Gasteiger partial charge in [0, 0.05) is 37.6 Å². The Kier molecular flexibility index (Phi) is 4.15.